The largest absolute Gasteiger partial charge is 0.497 e. The van der Waals surface area contributed by atoms with E-state index in [0.29, 0.717) is 17.0 Å². The van der Waals surface area contributed by atoms with Gasteiger partial charge in [0.15, 0.2) is 0 Å². The highest BCUT2D eigenvalue weighted by atomic mass is 32.2. The van der Waals surface area contributed by atoms with Gasteiger partial charge in [-0.1, -0.05) is 18.2 Å². The van der Waals surface area contributed by atoms with Crippen LogP contribution in [0.1, 0.15) is 11.7 Å². The number of aliphatic hydroxyl groups is 1. The fourth-order valence-electron chi connectivity index (χ4n) is 2.10. The van der Waals surface area contributed by atoms with Crippen LogP contribution in [0.4, 0.5) is 5.69 Å². The molecule has 0 aliphatic rings. The van der Waals surface area contributed by atoms with E-state index in [4.69, 9.17) is 4.74 Å². The lowest BCUT2D eigenvalue weighted by atomic mass is 10.1. The molecule has 6 nitrogen and oxygen atoms in total. The maximum atomic E-state index is 11.9. The van der Waals surface area contributed by atoms with Crippen LogP contribution < -0.4 is 15.4 Å². The van der Waals surface area contributed by atoms with Crippen molar-refractivity contribution in [1.82, 2.24) is 5.32 Å². The molecule has 0 aliphatic carbocycles. The third-order valence-corrected chi connectivity index (χ3v) is 4.23. The molecule has 1 atom stereocenters. The van der Waals surface area contributed by atoms with Gasteiger partial charge in [0.2, 0.25) is 0 Å². The summed E-state index contributed by atoms with van der Waals surface area (Å²) in [6.07, 6.45) is 1.08. The normalized spacial score (nSPS) is 11.5. The number of hydrogen-bond donors (Lipinski definition) is 3. The average molecular weight is 360 g/mol. The van der Waals surface area contributed by atoms with Gasteiger partial charge < -0.3 is 20.5 Å². The molecule has 25 heavy (non-hydrogen) atoms. The predicted molar refractivity (Wildman–Crippen MR) is 97.8 cm³/mol. The highest BCUT2D eigenvalue weighted by Crippen LogP contribution is 2.19. The molecule has 0 spiro atoms. The Morgan fingerprint density at radius 2 is 1.88 bits per heavy atom. The van der Waals surface area contributed by atoms with Crippen LogP contribution in [0.15, 0.2) is 53.4 Å². The molecule has 0 fully saturated rings. The number of thioether (sulfide) groups is 1. The van der Waals surface area contributed by atoms with Crippen LogP contribution in [0.25, 0.3) is 0 Å². The van der Waals surface area contributed by atoms with Crippen LogP contribution in [0, 0.1) is 0 Å². The number of ether oxygens (including phenoxy) is 1. The van der Waals surface area contributed by atoms with Crippen molar-refractivity contribution in [2.45, 2.75) is 11.0 Å². The summed E-state index contributed by atoms with van der Waals surface area (Å²) < 4.78 is 5.05. The van der Waals surface area contributed by atoms with E-state index in [2.05, 4.69) is 10.6 Å². The number of methoxy groups -OCH3 is 1. The Balaban J connectivity index is 1.86. The van der Waals surface area contributed by atoms with E-state index < -0.39 is 17.9 Å². The molecule has 2 aromatic carbocycles. The van der Waals surface area contributed by atoms with Crippen LogP contribution in [-0.4, -0.2) is 36.8 Å². The summed E-state index contributed by atoms with van der Waals surface area (Å²) in [6.45, 7) is -0.0526. The summed E-state index contributed by atoms with van der Waals surface area (Å²) in [7, 11) is 1.51. The predicted octanol–water partition coefficient (Wildman–Crippen LogP) is 2.21. The average Bonchev–Trinajstić information content (AvgIpc) is 2.65. The fourth-order valence-corrected chi connectivity index (χ4v) is 2.51. The van der Waals surface area contributed by atoms with Gasteiger partial charge in [-0.15, -0.1) is 11.8 Å². The van der Waals surface area contributed by atoms with E-state index in [9.17, 15) is 14.7 Å². The van der Waals surface area contributed by atoms with Gasteiger partial charge in [-0.2, -0.15) is 0 Å². The molecule has 0 aliphatic heterocycles. The van der Waals surface area contributed by atoms with Gasteiger partial charge in [0, 0.05) is 23.2 Å². The second-order valence-electron chi connectivity index (χ2n) is 5.19. The van der Waals surface area contributed by atoms with E-state index in [1.807, 2.05) is 18.4 Å². The highest BCUT2D eigenvalue weighted by Gasteiger charge is 2.16. The summed E-state index contributed by atoms with van der Waals surface area (Å²) in [6, 6.07) is 14.0. The van der Waals surface area contributed by atoms with Crippen molar-refractivity contribution < 1.29 is 19.4 Å². The molecule has 0 saturated heterocycles. The van der Waals surface area contributed by atoms with Gasteiger partial charge in [-0.25, -0.2) is 0 Å². The van der Waals surface area contributed by atoms with Crippen molar-refractivity contribution in [2.24, 2.45) is 0 Å². The molecule has 3 N–H and O–H groups in total. The van der Waals surface area contributed by atoms with Gasteiger partial charge >= 0.3 is 11.8 Å². The molecule has 0 aromatic heterocycles. The monoisotopic (exact) mass is 360 g/mol. The Morgan fingerprint density at radius 1 is 1.16 bits per heavy atom. The zero-order chi connectivity index (χ0) is 18.2. The number of carbonyl (C=O) groups excluding carboxylic acids is 2. The van der Waals surface area contributed by atoms with Crippen LogP contribution >= 0.6 is 11.8 Å². The van der Waals surface area contributed by atoms with Gasteiger partial charge in [0.1, 0.15) is 5.75 Å². The summed E-state index contributed by atoms with van der Waals surface area (Å²) in [5.41, 5.74) is 1.12. The summed E-state index contributed by atoms with van der Waals surface area (Å²) in [5.74, 6) is -1.05. The summed E-state index contributed by atoms with van der Waals surface area (Å²) in [4.78, 5) is 24.8. The van der Waals surface area contributed by atoms with Gasteiger partial charge in [0.05, 0.1) is 13.2 Å². The van der Waals surface area contributed by atoms with Crippen molar-refractivity contribution in [2.75, 3.05) is 25.2 Å². The van der Waals surface area contributed by atoms with Crippen LogP contribution in [0.3, 0.4) is 0 Å². The minimum absolute atomic E-state index is 0.0526. The van der Waals surface area contributed by atoms with Crippen molar-refractivity contribution >= 4 is 29.3 Å². The van der Waals surface area contributed by atoms with Crippen molar-refractivity contribution in [3.8, 4) is 5.75 Å². The number of hydrogen-bond acceptors (Lipinski definition) is 5. The Hall–Kier alpha value is -2.51. The maximum Gasteiger partial charge on any atom is 0.313 e. The topological polar surface area (TPSA) is 87.7 Å². The van der Waals surface area contributed by atoms with Crippen LogP contribution in [-0.2, 0) is 9.59 Å². The molecule has 2 amide bonds. The number of anilines is 1. The Bertz CT molecular complexity index is 734. The molecule has 1 unspecified atom stereocenters. The van der Waals surface area contributed by atoms with Crippen molar-refractivity contribution in [3.63, 3.8) is 0 Å². The van der Waals surface area contributed by atoms with E-state index in [1.54, 1.807) is 48.2 Å². The molecule has 0 bridgehead atoms. The standard InChI is InChI=1S/C18H20N2O4S/c1-24-14-5-3-4-13(10-14)20-18(23)17(22)19-11-16(21)12-6-8-15(25-2)9-7-12/h3-10,16,21H,11H2,1-2H3,(H,19,22)(H,20,23). The zero-order valence-corrected chi connectivity index (χ0v) is 14.8. The minimum atomic E-state index is -0.885. The third kappa shape index (κ3) is 5.51. The molecule has 0 radical (unpaired) electrons. The fraction of sp³-hybridized carbons (Fsp3) is 0.222. The molecule has 0 heterocycles. The van der Waals surface area contributed by atoms with Crippen molar-refractivity contribution in [1.29, 1.82) is 0 Å². The smallest absolute Gasteiger partial charge is 0.313 e. The maximum absolute atomic E-state index is 11.9. The Kier molecular flexibility index (Phi) is 6.85. The first kappa shape index (κ1) is 18.8. The number of benzene rings is 2. The lowest BCUT2D eigenvalue weighted by Crippen LogP contribution is -2.37. The first-order chi connectivity index (χ1) is 12.0. The molecular formula is C18H20N2O4S. The number of amides is 2. The highest BCUT2D eigenvalue weighted by molar-refractivity contribution is 7.98. The van der Waals surface area contributed by atoms with E-state index >= 15 is 0 Å². The Labute approximate surface area is 150 Å². The van der Waals surface area contributed by atoms with Crippen LogP contribution in [0.2, 0.25) is 0 Å². The van der Waals surface area contributed by atoms with E-state index in [1.165, 1.54) is 7.11 Å². The van der Waals surface area contributed by atoms with Gasteiger partial charge in [0.25, 0.3) is 0 Å². The SMILES string of the molecule is COc1cccc(NC(=O)C(=O)NCC(O)c2ccc(SC)cc2)c1. The van der Waals surface area contributed by atoms with Gasteiger partial charge in [-0.3, -0.25) is 9.59 Å². The quantitative estimate of drug-likeness (QED) is 0.543. The molecule has 2 rings (SSSR count). The second kappa shape index (κ2) is 9.10. The lowest BCUT2D eigenvalue weighted by molar-refractivity contribution is -0.136. The lowest BCUT2D eigenvalue weighted by Gasteiger charge is -2.13. The molecule has 2 aromatic rings. The molecule has 7 heteroatoms. The molecule has 132 valence electrons. The zero-order valence-electron chi connectivity index (χ0n) is 14.0. The number of carbonyl (C=O) groups is 2. The first-order valence-electron chi connectivity index (χ1n) is 7.58. The van der Waals surface area contributed by atoms with E-state index in [-0.39, 0.29) is 6.54 Å². The van der Waals surface area contributed by atoms with E-state index in [0.717, 1.165) is 4.90 Å². The van der Waals surface area contributed by atoms with Gasteiger partial charge in [-0.05, 0) is 36.1 Å². The Morgan fingerprint density at radius 3 is 2.52 bits per heavy atom. The summed E-state index contributed by atoms with van der Waals surface area (Å²) >= 11 is 1.60. The van der Waals surface area contributed by atoms with Crippen LogP contribution in [0.5, 0.6) is 5.75 Å². The number of aliphatic hydroxyl groups excluding tert-OH is 1. The molecule has 0 saturated carbocycles. The number of rotatable bonds is 6. The second-order valence-corrected chi connectivity index (χ2v) is 6.06. The summed E-state index contributed by atoms with van der Waals surface area (Å²) in [5, 5.41) is 15.0. The third-order valence-electron chi connectivity index (χ3n) is 3.49. The molecular weight excluding hydrogens is 340 g/mol. The number of nitrogens with one attached hydrogen (secondary N) is 2. The minimum Gasteiger partial charge on any atom is -0.497 e. The first-order valence-corrected chi connectivity index (χ1v) is 8.81. The van der Waals surface area contributed by atoms with Crippen molar-refractivity contribution in [3.05, 3.63) is 54.1 Å².